The molecule has 4 aromatic rings. The second-order valence-corrected chi connectivity index (χ2v) is 10.2. The average Bonchev–Trinajstić information content (AvgIpc) is 3.58. The topological polar surface area (TPSA) is 117 Å². The van der Waals surface area contributed by atoms with Crippen molar-refractivity contribution in [2.45, 2.75) is 36.8 Å². The second-order valence-electron chi connectivity index (χ2n) is 10.2. The highest BCUT2D eigenvalue weighted by molar-refractivity contribution is 5.75. The summed E-state index contributed by atoms with van der Waals surface area (Å²) < 4.78 is 11.6. The monoisotopic (exact) mass is 539 g/mol. The first-order chi connectivity index (χ1) is 19.5. The number of hydrogen-bond donors (Lipinski definition) is 3. The molecule has 0 amide bonds. The Morgan fingerprint density at radius 3 is 2.27 bits per heavy atom. The van der Waals surface area contributed by atoms with E-state index >= 15 is 0 Å². The predicted octanol–water partition coefficient (Wildman–Crippen LogP) is 2.98. The van der Waals surface area contributed by atoms with Gasteiger partial charge in [0.05, 0.1) is 37.9 Å². The molecular weight excluding hydrogens is 506 g/mol. The van der Waals surface area contributed by atoms with Gasteiger partial charge in [0.1, 0.15) is 17.7 Å². The van der Waals surface area contributed by atoms with Crippen LogP contribution in [0.25, 0.3) is 0 Å². The van der Waals surface area contributed by atoms with E-state index in [2.05, 4.69) is 51.3 Å². The van der Waals surface area contributed by atoms with Gasteiger partial charge in [-0.15, -0.1) is 0 Å². The van der Waals surface area contributed by atoms with E-state index in [-0.39, 0.29) is 12.1 Å². The molecule has 2 aliphatic rings. The summed E-state index contributed by atoms with van der Waals surface area (Å²) in [5.74, 6) is 1.29. The summed E-state index contributed by atoms with van der Waals surface area (Å²) in [7, 11) is 1.65. The van der Waals surface area contributed by atoms with Gasteiger partial charge < -0.3 is 35.1 Å². The Kier molecular flexibility index (Phi) is 7.02. The van der Waals surface area contributed by atoms with Crippen molar-refractivity contribution >= 4 is 11.5 Å². The van der Waals surface area contributed by atoms with Gasteiger partial charge in [-0.1, -0.05) is 72.8 Å². The second kappa shape index (κ2) is 10.8. The molecule has 2 aliphatic heterocycles. The maximum Gasteiger partial charge on any atom is 0.276 e. The zero-order chi connectivity index (χ0) is 27.7. The van der Waals surface area contributed by atoms with Gasteiger partial charge in [-0.2, -0.15) is 0 Å². The van der Waals surface area contributed by atoms with E-state index in [4.69, 9.17) is 15.2 Å². The lowest BCUT2D eigenvalue weighted by molar-refractivity contribution is 0.0154. The Balaban J connectivity index is 1.56. The summed E-state index contributed by atoms with van der Waals surface area (Å²) in [5.41, 5.74) is 8.42. The fourth-order valence-corrected chi connectivity index (χ4v) is 6.03. The van der Waals surface area contributed by atoms with Crippen LogP contribution in [-0.2, 0) is 16.7 Å². The van der Waals surface area contributed by atoms with Crippen molar-refractivity contribution in [3.05, 3.63) is 118 Å². The molecule has 3 atom stereocenters. The highest BCUT2D eigenvalue weighted by atomic mass is 16.5. The fraction of sp³-hybridized carbons (Fsp3) is 0.290. The van der Waals surface area contributed by atoms with E-state index in [1.54, 1.807) is 7.11 Å². The Bertz CT molecular complexity index is 1460. The lowest BCUT2D eigenvalue weighted by Gasteiger charge is -2.44. The van der Waals surface area contributed by atoms with Crippen LogP contribution in [0.1, 0.15) is 23.1 Å². The van der Waals surface area contributed by atoms with Crippen LogP contribution >= 0.6 is 0 Å². The molecule has 206 valence electrons. The molecule has 3 aromatic carbocycles. The standard InChI is InChI=1S/C31H33N5O4/c1-39-24-14-12-21(13-15-24)17-31(22-8-4-2-5-9-22,23-10-6-3-7-11-23)36-20-35(27-16-25(37)26(18-32)40-27)29-28(36)30(38)34-19-33-29/h2-15,19,25-27,37H,16-18,20,32H2,1H3,(H,33,34,38)/t25?,26-,27-/m1/s1. The molecule has 1 fully saturated rings. The van der Waals surface area contributed by atoms with Gasteiger partial charge in [0.15, 0.2) is 5.82 Å². The SMILES string of the molecule is COc1ccc(CC(c2ccccc2)(c2ccccc2)N2CN([C@H]3CC(O)[C@@H](CN)O3)c3nc[nH]c(=O)c32)cc1. The van der Waals surface area contributed by atoms with Crippen molar-refractivity contribution in [3.8, 4) is 5.75 Å². The molecule has 1 aromatic heterocycles. The first kappa shape index (κ1) is 26.1. The molecule has 0 saturated carbocycles. The summed E-state index contributed by atoms with van der Waals surface area (Å²) in [6, 6.07) is 28.5. The number of aliphatic hydroxyl groups is 1. The smallest absolute Gasteiger partial charge is 0.276 e. The van der Waals surface area contributed by atoms with Gasteiger partial charge in [0.2, 0.25) is 0 Å². The van der Waals surface area contributed by atoms with Crippen LogP contribution < -0.4 is 25.8 Å². The van der Waals surface area contributed by atoms with Crippen LogP contribution in [0.5, 0.6) is 5.75 Å². The van der Waals surface area contributed by atoms with Gasteiger partial charge in [0, 0.05) is 19.4 Å². The molecule has 6 rings (SSSR count). The Hall–Kier alpha value is -4.18. The third-order valence-electron chi connectivity index (χ3n) is 8.01. The molecule has 1 unspecified atom stereocenters. The van der Waals surface area contributed by atoms with Gasteiger partial charge in [-0.25, -0.2) is 4.98 Å². The predicted molar refractivity (Wildman–Crippen MR) is 153 cm³/mol. The first-order valence-electron chi connectivity index (χ1n) is 13.4. The number of anilines is 2. The first-order valence-corrected chi connectivity index (χ1v) is 13.4. The molecule has 4 N–H and O–H groups in total. The van der Waals surface area contributed by atoms with E-state index < -0.39 is 24.0 Å². The van der Waals surface area contributed by atoms with E-state index in [0.717, 1.165) is 22.4 Å². The molecular formula is C31H33N5O4. The molecule has 9 nitrogen and oxygen atoms in total. The lowest BCUT2D eigenvalue weighted by Crippen LogP contribution is -2.52. The number of aliphatic hydroxyl groups excluding tert-OH is 1. The minimum atomic E-state index is -0.791. The molecule has 0 spiro atoms. The van der Waals surface area contributed by atoms with Gasteiger partial charge in [-0.3, -0.25) is 4.79 Å². The van der Waals surface area contributed by atoms with Crippen molar-refractivity contribution in [1.82, 2.24) is 9.97 Å². The number of benzene rings is 3. The lowest BCUT2D eigenvalue weighted by atomic mass is 9.76. The van der Waals surface area contributed by atoms with Crippen molar-refractivity contribution in [1.29, 1.82) is 0 Å². The van der Waals surface area contributed by atoms with Crippen molar-refractivity contribution in [2.75, 3.05) is 30.1 Å². The number of aromatic amines is 1. The summed E-state index contributed by atoms with van der Waals surface area (Å²) in [5, 5.41) is 10.6. The van der Waals surface area contributed by atoms with Crippen LogP contribution in [0, 0.1) is 0 Å². The number of rotatable bonds is 8. The Morgan fingerprint density at radius 1 is 1.05 bits per heavy atom. The quantitative estimate of drug-likeness (QED) is 0.313. The normalized spacial score (nSPS) is 20.5. The van der Waals surface area contributed by atoms with Crippen molar-refractivity contribution in [3.63, 3.8) is 0 Å². The maximum absolute atomic E-state index is 13.6. The van der Waals surface area contributed by atoms with E-state index in [9.17, 15) is 9.90 Å². The van der Waals surface area contributed by atoms with Crippen molar-refractivity contribution < 1.29 is 14.6 Å². The number of nitrogens with one attached hydrogen (secondary N) is 1. The Labute approximate surface area is 232 Å². The highest BCUT2D eigenvalue weighted by Crippen LogP contribution is 2.47. The molecule has 0 aliphatic carbocycles. The van der Waals surface area contributed by atoms with Gasteiger partial charge >= 0.3 is 0 Å². The van der Waals surface area contributed by atoms with Crippen LogP contribution in [0.4, 0.5) is 11.5 Å². The number of methoxy groups -OCH3 is 1. The Morgan fingerprint density at radius 2 is 1.70 bits per heavy atom. The number of nitrogens with zero attached hydrogens (tertiary/aromatic N) is 3. The molecule has 3 heterocycles. The third-order valence-corrected chi connectivity index (χ3v) is 8.01. The number of nitrogens with two attached hydrogens (primary N) is 1. The van der Waals surface area contributed by atoms with Crippen LogP contribution in [0.3, 0.4) is 0 Å². The number of H-pyrrole nitrogens is 1. The number of fused-ring (bicyclic) bond motifs is 1. The van der Waals surface area contributed by atoms with E-state index in [1.165, 1.54) is 6.33 Å². The van der Waals surface area contributed by atoms with Crippen LogP contribution in [-0.4, -0.2) is 53.8 Å². The summed E-state index contributed by atoms with van der Waals surface area (Å²) >= 11 is 0. The van der Waals surface area contributed by atoms with Crippen LogP contribution in [0.2, 0.25) is 0 Å². The number of hydrogen-bond acceptors (Lipinski definition) is 8. The minimum absolute atomic E-state index is 0.209. The molecule has 0 radical (unpaired) electrons. The number of ether oxygens (including phenoxy) is 2. The largest absolute Gasteiger partial charge is 0.497 e. The van der Waals surface area contributed by atoms with Gasteiger partial charge in [0.25, 0.3) is 5.56 Å². The zero-order valence-electron chi connectivity index (χ0n) is 22.3. The molecule has 9 heteroatoms. The summed E-state index contributed by atoms with van der Waals surface area (Å²) in [4.78, 5) is 25.1. The summed E-state index contributed by atoms with van der Waals surface area (Å²) in [6.45, 7) is 0.532. The summed E-state index contributed by atoms with van der Waals surface area (Å²) in [6.07, 6.45) is 0.697. The van der Waals surface area contributed by atoms with E-state index in [0.29, 0.717) is 31.0 Å². The number of aromatic nitrogens is 2. The zero-order valence-corrected chi connectivity index (χ0v) is 22.3. The average molecular weight is 540 g/mol. The minimum Gasteiger partial charge on any atom is -0.497 e. The van der Waals surface area contributed by atoms with Gasteiger partial charge in [-0.05, 0) is 28.8 Å². The molecule has 0 bridgehead atoms. The fourth-order valence-electron chi connectivity index (χ4n) is 6.03. The van der Waals surface area contributed by atoms with Crippen molar-refractivity contribution in [2.24, 2.45) is 5.73 Å². The highest BCUT2D eigenvalue weighted by Gasteiger charge is 2.50. The molecule has 1 saturated heterocycles. The van der Waals surface area contributed by atoms with E-state index in [1.807, 2.05) is 53.4 Å². The third kappa shape index (κ3) is 4.42. The maximum atomic E-state index is 13.6. The van der Waals surface area contributed by atoms with Crippen LogP contribution in [0.15, 0.2) is 96.1 Å². The molecule has 40 heavy (non-hydrogen) atoms.